The molecule has 0 saturated heterocycles. The van der Waals surface area contributed by atoms with Gasteiger partial charge in [-0.2, -0.15) is 0 Å². The number of hydrogen-bond donors (Lipinski definition) is 6. The molecule has 6 N–H and O–H groups in total. The van der Waals surface area contributed by atoms with Crippen molar-refractivity contribution in [2.75, 3.05) is 13.2 Å². The average Bonchev–Trinajstić information content (AvgIpc) is 3.52. The van der Waals surface area contributed by atoms with Gasteiger partial charge in [0.05, 0.1) is 12.2 Å². The van der Waals surface area contributed by atoms with Crippen LogP contribution in [0.5, 0.6) is 0 Å². The summed E-state index contributed by atoms with van der Waals surface area (Å²) in [7, 11) is 0. The maximum atomic E-state index is 16.9. The predicted octanol–water partition coefficient (Wildman–Crippen LogP) is 3.77. The minimum atomic E-state index is -1.98. The molecule has 0 aliphatic heterocycles. The Kier molecular flexibility index (Phi) is 9.44. The lowest BCUT2D eigenvalue weighted by atomic mass is 9.44. The topological polar surface area (TPSA) is 190 Å². The van der Waals surface area contributed by atoms with Crippen molar-refractivity contribution < 1.29 is 58.6 Å². The molecule has 0 aromatic rings. The first-order valence-corrected chi connectivity index (χ1v) is 20.2. The summed E-state index contributed by atoms with van der Waals surface area (Å²) in [6.45, 7) is 7.31. The van der Waals surface area contributed by atoms with Crippen LogP contribution in [0.2, 0.25) is 0 Å². The number of ketones is 4. The molecule has 8 rings (SSSR count). The zero-order chi connectivity index (χ0) is 40.5. The van der Waals surface area contributed by atoms with E-state index in [1.165, 1.54) is 12.2 Å². The third kappa shape index (κ3) is 4.84. The number of halogens is 2. The van der Waals surface area contributed by atoms with Crippen molar-refractivity contribution in [2.24, 2.45) is 51.2 Å². The van der Waals surface area contributed by atoms with Gasteiger partial charge in [0, 0.05) is 39.9 Å². The van der Waals surface area contributed by atoms with E-state index in [0.717, 1.165) is 5.57 Å². The van der Waals surface area contributed by atoms with Crippen molar-refractivity contribution in [1.29, 1.82) is 0 Å². The molecule has 0 aromatic heterocycles. The van der Waals surface area contributed by atoms with Crippen LogP contribution in [0, 0.1) is 51.2 Å². The molecule has 55 heavy (non-hydrogen) atoms. The van der Waals surface area contributed by atoms with Crippen LogP contribution in [-0.2, 0) is 19.2 Å². The number of allylic oxidation sites excluding steroid dienone is 5. The molecular weight excluding hydrogens is 714 g/mol. The molecule has 0 unspecified atom stereocenters. The van der Waals surface area contributed by atoms with E-state index in [1.54, 1.807) is 39.8 Å². The first-order valence-electron chi connectivity index (χ1n) is 20.2. The Morgan fingerprint density at radius 1 is 0.745 bits per heavy atom. The van der Waals surface area contributed by atoms with Crippen LogP contribution >= 0.6 is 0 Å². The highest BCUT2D eigenvalue weighted by atomic mass is 19.1. The molecule has 15 atom stereocenters. The van der Waals surface area contributed by atoms with Gasteiger partial charge >= 0.3 is 0 Å². The van der Waals surface area contributed by atoms with Gasteiger partial charge in [0.1, 0.15) is 30.1 Å². The smallest absolute Gasteiger partial charge is 0.190 e. The van der Waals surface area contributed by atoms with E-state index in [2.05, 4.69) is 0 Å². The monoisotopic (exact) mass is 772 g/mol. The normalized spacial score (nSPS) is 52.2. The molecule has 0 amide bonds. The summed E-state index contributed by atoms with van der Waals surface area (Å²) in [6.07, 6.45) is 7.09. The van der Waals surface area contributed by atoms with Crippen molar-refractivity contribution in [3.8, 4) is 0 Å². The lowest BCUT2D eigenvalue weighted by Crippen LogP contribution is -2.69. The van der Waals surface area contributed by atoms with E-state index in [0.29, 0.717) is 50.5 Å². The first kappa shape index (κ1) is 40.7. The number of carbonyl (C=O) groups excluding carboxylic acids is 4. The summed E-state index contributed by atoms with van der Waals surface area (Å²) < 4.78 is 33.6. The second-order valence-electron chi connectivity index (χ2n) is 19.4. The number of rotatable bonds is 4. The predicted molar refractivity (Wildman–Crippen MR) is 195 cm³/mol. The van der Waals surface area contributed by atoms with E-state index < -0.39 is 98.9 Å². The molecule has 0 aromatic carbocycles. The fraction of sp³-hybridized carbons (Fsp3) is 0.767. The Morgan fingerprint density at radius 3 is 1.96 bits per heavy atom. The van der Waals surface area contributed by atoms with E-state index in [-0.39, 0.29) is 49.1 Å². The van der Waals surface area contributed by atoms with Gasteiger partial charge in [-0.25, -0.2) is 8.78 Å². The minimum Gasteiger partial charge on any atom is -0.390 e. The summed E-state index contributed by atoms with van der Waals surface area (Å²) in [5.74, 6) is -3.48. The minimum absolute atomic E-state index is 0.0171. The molecule has 12 heteroatoms. The van der Waals surface area contributed by atoms with Crippen LogP contribution in [0.4, 0.5) is 8.78 Å². The number of carbonyl (C=O) groups is 4. The highest BCUT2D eigenvalue weighted by Crippen LogP contribution is 2.72. The van der Waals surface area contributed by atoms with E-state index in [9.17, 15) is 49.8 Å². The molecule has 0 spiro atoms. The van der Waals surface area contributed by atoms with Gasteiger partial charge in [-0.15, -0.1) is 0 Å². The highest BCUT2D eigenvalue weighted by Gasteiger charge is 2.76. The number of hydrogen-bond acceptors (Lipinski definition) is 10. The molecule has 0 heterocycles. The number of aliphatic hydroxyl groups is 6. The van der Waals surface area contributed by atoms with Crippen LogP contribution in [0.15, 0.2) is 35.5 Å². The summed E-state index contributed by atoms with van der Waals surface area (Å²) in [5, 5.41) is 63.5. The highest BCUT2D eigenvalue weighted by molar-refractivity contribution is 6.01. The maximum absolute atomic E-state index is 16.9. The van der Waals surface area contributed by atoms with Crippen LogP contribution in [0.25, 0.3) is 0 Å². The van der Waals surface area contributed by atoms with Crippen molar-refractivity contribution >= 4 is 23.1 Å². The van der Waals surface area contributed by atoms with Crippen LogP contribution in [-0.4, -0.2) is 102 Å². The van der Waals surface area contributed by atoms with E-state index in [4.69, 9.17) is 0 Å². The maximum Gasteiger partial charge on any atom is 0.190 e. The lowest BCUT2D eigenvalue weighted by molar-refractivity contribution is -0.226. The average molecular weight is 773 g/mol. The van der Waals surface area contributed by atoms with Crippen LogP contribution in [0.3, 0.4) is 0 Å². The summed E-state index contributed by atoms with van der Waals surface area (Å²) in [6, 6.07) is 0. The number of Topliss-reactive ketones (excluding diaryl/α,β-unsaturated/α-hetero) is 2. The van der Waals surface area contributed by atoms with Crippen molar-refractivity contribution in [3.05, 3.63) is 35.5 Å². The Labute approximate surface area is 321 Å². The van der Waals surface area contributed by atoms with Gasteiger partial charge in [0.25, 0.3) is 0 Å². The Bertz CT molecular complexity index is 1790. The second-order valence-corrected chi connectivity index (χ2v) is 19.4. The zero-order valence-corrected chi connectivity index (χ0v) is 32.6. The number of alkyl halides is 2. The third-order valence-electron chi connectivity index (χ3n) is 17.6. The SMILES string of the molecule is C[C@H]1C[C@H]2[C@@H]3CCC4=CC(=O)C=C[C@]4(C)[C@@]3(F)[C@@H](O)C[C@]2(C)[C@@]1(O)C(=O)CO.C[C@]12CCC(=O)C=C1CC[C@H]1[C@@H]3CC[C@](O)(C(=O)CO)[C@@]3(C)C[C@H](O)[C@@]12F. The summed E-state index contributed by atoms with van der Waals surface area (Å²) in [4.78, 5) is 48.6. The molecule has 10 nitrogen and oxygen atoms in total. The third-order valence-corrected chi connectivity index (χ3v) is 17.6. The molecule has 6 saturated carbocycles. The molecular formula is C43H58F2O10. The first-order chi connectivity index (χ1) is 25.5. The molecule has 0 radical (unpaired) electrons. The van der Waals surface area contributed by atoms with Crippen LogP contribution in [0.1, 0.15) is 105 Å². The molecule has 6 fully saturated rings. The van der Waals surface area contributed by atoms with Crippen molar-refractivity contribution in [2.45, 2.75) is 140 Å². The summed E-state index contributed by atoms with van der Waals surface area (Å²) in [5.41, 5.74) is -9.85. The summed E-state index contributed by atoms with van der Waals surface area (Å²) >= 11 is 0. The fourth-order valence-corrected chi connectivity index (χ4v) is 14.4. The Morgan fingerprint density at radius 2 is 1.33 bits per heavy atom. The van der Waals surface area contributed by atoms with Crippen molar-refractivity contribution in [1.82, 2.24) is 0 Å². The largest absolute Gasteiger partial charge is 0.390 e. The second kappa shape index (κ2) is 12.8. The Hall–Kier alpha value is -2.48. The number of fused-ring (bicyclic) bond motifs is 10. The van der Waals surface area contributed by atoms with E-state index in [1.807, 2.05) is 6.92 Å². The zero-order valence-electron chi connectivity index (χ0n) is 32.6. The molecule has 8 aliphatic rings. The molecule has 304 valence electrons. The molecule has 8 aliphatic carbocycles. The van der Waals surface area contributed by atoms with Gasteiger partial charge in [-0.3, -0.25) is 19.2 Å². The lowest BCUT2D eigenvalue weighted by Gasteiger charge is -2.63. The number of aliphatic hydroxyl groups excluding tert-OH is 4. The van der Waals surface area contributed by atoms with Gasteiger partial charge in [0.15, 0.2) is 28.8 Å². The van der Waals surface area contributed by atoms with E-state index >= 15 is 8.78 Å². The van der Waals surface area contributed by atoms with Crippen LogP contribution < -0.4 is 0 Å². The Balaban J connectivity index is 0.000000169. The van der Waals surface area contributed by atoms with Gasteiger partial charge in [-0.1, -0.05) is 44.9 Å². The van der Waals surface area contributed by atoms with Gasteiger partial charge < -0.3 is 30.6 Å². The standard InChI is InChI=1S/C22H29FO5.C21H29FO5/c1-12-8-16-15-5-4-13-9-14(25)6-7-19(13,2)21(15,23)17(26)10-20(16,3)22(12,28)18(27)11-24;1-18-7-5-13(24)9-12(18)3-4-15-14-6-8-20(27,17(26)11-23)19(14,2)10-16(25)21(15,18)22/h6-7,9,12,15-17,24,26,28H,4-5,8,10-11H2,1-3H3;9,14-16,23,25,27H,3-8,10-11H2,1-2H3/t12-,15-,16-,17-,19-,20-,21-,22-;14-,15-,16-,18-,19-,20-,21-/m00/s1. The molecule has 0 bridgehead atoms. The quantitative estimate of drug-likeness (QED) is 0.246. The fourth-order valence-electron chi connectivity index (χ4n) is 14.4. The van der Waals surface area contributed by atoms with Crippen molar-refractivity contribution in [3.63, 3.8) is 0 Å². The van der Waals surface area contributed by atoms with Gasteiger partial charge in [0.2, 0.25) is 0 Å². The van der Waals surface area contributed by atoms with Gasteiger partial charge in [-0.05, 0) is 107 Å².